The summed E-state index contributed by atoms with van der Waals surface area (Å²) < 4.78 is 17.6. The minimum absolute atomic E-state index is 0.0809. The molecule has 0 atom stereocenters. The fraction of sp³-hybridized carbons (Fsp3) is 0.222. The highest BCUT2D eigenvalue weighted by atomic mass is 79.9. The summed E-state index contributed by atoms with van der Waals surface area (Å²) in [6.07, 6.45) is -0.0809. The second-order valence-corrected chi connectivity index (χ2v) is 3.44. The predicted octanol–water partition coefficient (Wildman–Crippen LogP) is 2.01. The molecule has 0 unspecified atom stereocenters. The Kier molecular flexibility index (Phi) is 3.46. The van der Waals surface area contributed by atoms with Gasteiger partial charge in [0.1, 0.15) is 11.6 Å². The molecule has 1 N–H and O–H groups in total. The van der Waals surface area contributed by atoms with Crippen molar-refractivity contribution in [1.29, 1.82) is 0 Å². The summed E-state index contributed by atoms with van der Waals surface area (Å²) in [4.78, 5) is 10.9. The third-order valence-corrected chi connectivity index (χ3v) is 2.57. The van der Waals surface area contributed by atoms with Crippen molar-refractivity contribution in [2.75, 3.05) is 7.11 Å². The van der Waals surface area contributed by atoms with Gasteiger partial charge in [-0.25, -0.2) is 4.39 Å². The number of methoxy groups -OCH3 is 1. The van der Waals surface area contributed by atoms with Crippen molar-refractivity contribution in [3.63, 3.8) is 0 Å². The molecule has 0 bridgehead atoms. The number of benzene rings is 1. The largest absolute Gasteiger partial charge is 0.507 e. The van der Waals surface area contributed by atoms with Gasteiger partial charge in [-0.05, 0) is 27.6 Å². The SMILES string of the molecule is COC(=O)Cc1cc(F)cc(O)c1Br. The molecule has 0 saturated heterocycles. The first-order valence-electron chi connectivity index (χ1n) is 3.78. The van der Waals surface area contributed by atoms with E-state index in [4.69, 9.17) is 0 Å². The van der Waals surface area contributed by atoms with Crippen LogP contribution in [-0.2, 0) is 16.0 Å². The maximum atomic E-state index is 12.8. The molecule has 0 radical (unpaired) electrons. The van der Waals surface area contributed by atoms with E-state index in [-0.39, 0.29) is 12.2 Å². The number of aromatic hydroxyl groups is 1. The molecule has 0 aliphatic carbocycles. The summed E-state index contributed by atoms with van der Waals surface area (Å²) in [6.45, 7) is 0. The van der Waals surface area contributed by atoms with Gasteiger partial charge in [0.25, 0.3) is 0 Å². The molecular formula is C9H8BrFO3. The van der Waals surface area contributed by atoms with Crippen molar-refractivity contribution >= 4 is 21.9 Å². The topological polar surface area (TPSA) is 46.5 Å². The Labute approximate surface area is 88.6 Å². The molecule has 0 fully saturated rings. The fourth-order valence-electron chi connectivity index (χ4n) is 0.986. The minimum atomic E-state index is -0.593. The maximum Gasteiger partial charge on any atom is 0.310 e. The highest BCUT2D eigenvalue weighted by molar-refractivity contribution is 9.10. The van der Waals surface area contributed by atoms with E-state index in [0.717, 1.165) is 6.07 Å². The van der Waals surface area contributed by atoms with E-state index in [2.05, 4.69) is 20.7 Å². The van der Waals surface area contributed by atoms with E-state index in [9.17, 15) is 14.3 Å². The molecule has 1 aromatic carbocycles. The summed E-state index contributed by atoms with van der Waals surface area (Å²) in [5.74, 6) is -1.32. The molecule has 76 valence electrons. The third kappa shape index (κ3) is 2.45. The summed E-state index contributed by atoms with van der Waals surface area (Å²) in [7, 11) is 1.25. The second kappa shape index (κ2) is 4.41. The van der Waals surface area contributed by atoms with E-state index < -0.39 is 11.8 Å². The Bertz CT molecular complexity index is 365. The molecule has 0 heterocycles. The van der Waals surface area contributed by atoms with Crippen molar-refractivity contribution in [1.82, 2.24) is 0 Å². The number of carbonyl (C=O) groups excluding carboxylic acids is 1. The number of rotatable bonds is 2. The molecule has 14 heavy (non-hydrogen) atoms. The number of ether oxygens (including phenoxy) is 1. The second-order valence-electron chi connectivity index (χ2n) is 2.65. The molecule has 0 aromatic heterocycles. The van der Waals surface area contributed by atoms with Crippen LogP contribution in [0.5, 0.6) is 5.75 Å². The van der Waals surface area contributed by atoms with Crippen molar-refractivity contribution in [3.8, 4) is 5.75 Å². The van der Waals surface area contributed by atoms with Crippen molar-refractivity contribution in [2.45, 2.75) is 6.42 Å². The van der Waals surface area contributed by atoms with Gasteiger partial charge in [-0.15, -0.1) is 0 Å². The molecule has 3 nitrogen and oxygen atoms in total. The highest BCUT2D eigenvalue weighted by Crippen LogP contribution is 2.29. The van der Waals surface area contributed by atoms with E-state index in [0.29, 0.717) is 10.0 Å². The Balaban J connectivity index is 3.02. The van der Waals surface area contributed by atoms with Crippen LogP contribution in [0.25, 0.3) is 0 Å². The van der Waals surface area contributed by atoms with Gasteiger partial charge >= 0.3 is 5.97 Å². The van der Waals surface area contributed by atoms with Crippen LogP contribution in [0.2, 0.25) is 0 Å². The van der Waals surface area contributed by atoms with Gasteiger partial charge in [-0.1, -0.05) is 0 Å². The van der Waals surface area contributed by atoms with E-state index in [1.165, 1.54) is 13.2 Å². The lowest BCUT2D eigenvalue weighted by molar-refractivity contribution is -0.139. The average Bonchev–Trinajstić information content (AvgIpc) is 2.13. The van der Waals surface area contributed by atoms with Gasteiger partial charge in [0, 0.05) is 6.07 Å². The number of hydrogen-bond donors (Lipinski definition) is 1. The molecule has 1 rings (SSSR count). The molecular weight excluding hydrogens is 255 g/mol. The van der Waals surface area contributed by atoms with Crippen molar-refractivity contribution < 1.29 is 19.0 Å². The Morgan fingerprint density at radius 2 is 2.29 bits per heavy atom. The van der Waals surface area contributed by atoms with Crippen LogP contribution in [0.4, 0.5) is 4.39 Å². The average molecular weight is 263 g/mol. The van der Waals surface area contributed by atoms with Gasteiger partial charge < -0.3 is 9.84 Å². The Morgan fingerprint density at radius 3 is 2.86 bits per heavy atom. The quantitative estimate of drug-likeness (QED) is 0.830. The normalized spacial score (nSPS) is 9.93. The molecule has 1 aromatic rings. The number of carbonyl (C=O) groups is 1. The third-order valence-electron chi connectivity index (χ3n) is 1.66. The number of phenols is 1. The zero-order chi connectivity index (χ0) is 10.7. The van der Waals surface area contributed by atoms with Crippen molar-refractivity contribution in [2.24, 2.45) is 0 Å². The van der Waals surface area contributed by atoms with Gasteiger partial charge in [0.05, 0.1) is 18.0 Å². The summed E-state index contributed by atoms with van der Waals surface area (Å²) in [5, 5.41) is 9.23. The van der Waals surface area contributed by atoms with Gasteiger partial charge in [0.15, 0.2) is 0 Å². The summed E-state index contributed by atoms with van der Waals surface area (Å²) >= 11 is 3.05. The van der Waals surface area contributed by atoms with Crippen LogP contribution < -0.4 is 0 Å². The lowest BCUT2D eigenvalue weighted by atomic mass is 10.1. The summed E-state index contributed by atoms with van der Waals surface area (Å²) in [6, 6.07) is 2.13. The number of halogens is 2. The standard InChI is InChI=1S/C9H8BrFO3/c1-14-8(13)3-5-2-6(11)4-7(12)9(5)10/h2,4,12H,3H2,1H3. The van der Waals surface area contributed by atoms with Crippen LogP contribution in [0.3, 0.4) is 0 Å². The lowest BCUT2D eigenvalue weighted by Crippen LogP contribution is -2.05. The van der Waals surface area contributed by atoms with E-state index in [1.807, 2.05) is 0 Å². The molecule has 0 saturated carbocycles. The van der Waals surface area contributed by atoms with Gasteiger partial charge in [-0.2, -0.15) is 0 Å². The molecule has 0 aliphatic heterocycles. The number of phenolic OH excluding ortho intramolecular Hbond substituents is 1. The van der Waals surface area contributed by atoms with Gasteiger partial charge in [0.2, 0.25) is 0 Å². The first-order chi connectivity index (χ1) is 6.54. The maximum absolute atomic E-state index is 12.8. The van der Waals surface area contributed by atoms with Crippen LogP contribution in [0.1, 0.15) is 5.56 Å². The van der Waals surface area contributed by atoms with Gasteiger partial charge in [-0.3, -0.25) is 4.79 Å². The van der Waals surface area contributed by atoms with Crippen LogP contribution >= 0.6 is 15.9 Å². The molecule has 0 amide bonds. The first kappa shape index (κ1) is 11.0. The lowest BCUT2D eigenvalue weighted by Gasteiger charge is -2.05. The first-order valence-corrected chi connectivity index (χ1v) is 4.57. The molecule has 0 spiro atoms. The Hall–Kier alpha value is -1.10. The fourth-order valence-corrected chi connectivity index (χ4v) is 1.36. The van der Waals surface area contributed by atoms with E-state index >= 15 is 0 Å². The van der Waals surface area contributed by atoms with E-state index in [1.54, 1.807) is 0 Å². The predicted molar refractivity (Wildman–Crippen MR) is 51.5 cm³/mol. The minimum Gasteiger partial charge on any atom is -0.507 e. The smallest absolute Gasteiger partial charge is 0.310 e. The van der Waals surface area contributed by atoms with Crippen molar-refractivity contribution in [3.05, 3.63) is 28.0 Å². The molecule has 0 aliphatic rings. The van der Waals surface area contributed by atoms with Crippen LogP contribution in [0.15, 0.2) is 16.6 Å². The highest BCUT2D eigenvalue weighted by Gasteiger charge is 2.11. The zero-order valence-electron chi connectivity index (χ0n) is 7.38. The zero-order valence-corrected chi connectivity index (χ0v) is 8.97. The molecule has 5 heteroatoms. The van der Waals surface area contributed by atoms with Crippen LogP contribution in [-0.4, -0.2) is 18.2 Å². The monoisotopic (exact) mass is 262 g/mol. The Morgan fingerprint density at radius 1 is 1.64 bits per heavy atom. The summed E-state index contributed by atoms with van der Waals surface area (Å²) in [5.41, 5.74) is 0.356. The number of esters is 1. The van der Waals surface area contributed by atoms with Crippen LogP contribution in [0, 0.1) is 5.82 Å². The number of hydrogen-bond acceptors (Lipinski definition) is 3.